The van der Waals surface area contributed by atoms with Gasteiger partial charge >= 0.3 is 0 Å². The van der Waals surface area contributed by atoms with Crippen LogP contribution in [-0.2, 0) is 6.54 Å². The van der Waals surface area contributed by atoms with Gasteiger partial charge in [0.15, 0.2) is 0 Å². The smallest absolute Gasteiger partial charge is 0.146 e. The Balaban J connectivity index is 1.65. The highest BCUT2D eigenvalue weighted by Gasteiger charge is 2.35. The van der Waals surface area contributed by atoms with Crippen molar-refractivity contribution < 1.29 is 4.39 Å². The number of halogens is 1. The summed E-state index contributed by atoms with van der Waals surface area (Å²) in [4.78, 5) is 2.46. The maximum absolute atomic E-state index is 13.3. The average Bonchev–Trinajstić information content (AvgIpc) is 2.84. The fourth-order valence-corrected chi connectivity index (χ4v) is 3.39. The lowest BCUT2D eigenvalue weighted by Gasteiger charge is -2.16. The van der Waals surface area contributed by atoms with Crippen molar-refractivity contribution in [2.75, 3.05) is 18.8 Å². The highest BCUT2D eigenvalue weighted by molar-refractivity contribution is 5.41. The summed E-state index contributed by atoms with van der Waals surface area (Å²) in [5, 5.41) is 0. The molecule has 0 radical (unpaired) electrons. The average molecular weight is 234 g/mol. The van der Waals surface area contributed by atoms with E-state index in [1.807, 2.05) is 6.07 Å². The van der Waals surface area contributed by atoms with Crippen LogP contribution in [0.4, 0.5) is 10.1 Å². The molecule has 2 aliphatic rings. The predicted molar refractivity (Wildman–Crippen MR) is 66.9 cm³/mol. The lowest BCUT2D eigenvalue weighted by atomic mass is 10.0. The Hall–Kier alpha value is -1.09. The van der Waals surface area contributed by atoms with Crippen molar-refractivity contribution in [3.05, 3.63) is 29.6 Å². The molecular weight excluding hydrogens is 215 g/mol. The number of hydrogen-bond donors (Lipinski definition) is 1. The van der Waals surface area contributed by atoms with E-state index in [4.69, 9.17) is 5.73 Å². The van der Waals surface area contributed by atoms with E-state index in [0.29, 0.717) is 0 Å². The van der Waals surface area contributed by atoms with Crippen molar-refractivity contribution in [3.8, 4) is 0 Å². The first-order valence-corrected chi connectivity index (χ1v) is 6.48. The summed E-state index contributed by atoms with van der Waals surface area (Å²) in [5.74, 6) is 1.50. The molecule has 0 aromatic heterocycles. The van der Waals surface area contributed by atoms with Crippen LogP contribution in [0.3, 0.4) is 0 Å². The van der Waals surface area contributed by atoms with Crippen molar-refractivity contribution in [2.24, 2.45) is 11.8 Å². The molecule has 92 valence electrons. The third-order valence-electron chi connectivity index (χ3n) is 4.27. The third-order valence-corrected chi connectivity index (χ3v) is 4.27. The van der Waals surface area contributed by atoms with Gasteiger partial charge in [-0.3, -0.25) is 4.90 Å². The van der Waals surface area contributed by atoms with Gasteiger partial charge in [-0.05, 0) is 42.4 Å². The van der Waals surface area contributed by atoms with Crippen molar-refractivity contribution >= 4 is 5.69 Å². The van der Waals surface area contributed by atoms with Crippen LogP contribution in [0, 0.1) is 17.7 Å². The fraction of sp³-hybridized carbons (Fsp3) is 0.571. The number of anilines is 1. The molecule has 1 heterocycles. The Morgan fingerprint density at radius 3 is 2.59 bits per heavy atom. The zero-order chi connectivity index (χ0) is 11.8. The van der Waals surface area contributed by atoms with E-state index in [-0.39, 0.29) is 11.5 Å². The highest BCUT2D eigenvalue weighted by atomic mass is 19.1. The van der Waals surface area contributed by atoms with Gasteiger partial charge in [0.2, 0.25) is 0 Å². The molecule has 3 rings (SSSR count). The SMILES string of the molecule is Nc1ccc(CN2CC3CCCC3C2)cc1F. The standard InChI is InChI=1S/C14H19FN2/c15-13-6-10(4-5-14(13)16)7-17-8-11-2-1-3-12(11)9-17/h4-6,11-12H,1-3,7-9,16H2. The van der Waals surface area contributed by atoms with Gasteiger partial charge in [-0.1, -0.05) is 12.5 Å². The molecular formula is C14H19FN2. The maximum Gasteiger partial charge on any atom is 0.146 e. The Morgan fingerprint density at radius 1 is 1.24 bits per heavy atom. The van der Waals surface area contributed by atoms with Gasteiger partial charge in [0.05, 0.1) is 5.69 Å². The van der Waals surface area contributed by atoms with Crippen LogP contribution in [0.25, 0.3) is 0 Å². The Morgan fingerprint density at radius 2 is 1.94 bits per heavy atom. The van der Waals surface area contributed by atoms with Crippen LogP contribution < -0.4 is 5.73 Å². The minimum Gasteiger partial charge on any atom is -0.396 e. The first kappa shape index (κ1) is 11.0. The molecule has 1 aromatic carbocycles. The minimum absolute atomic E-state index is 0.243. The molecule has 1 aliphatic carbocycles. The van der Waals surface area contributed by atoms with E-state index >= 15 is 0 Å². The Bertz CT molecular complexity index is 407. The second-order valence-electron chi connectivity index (χ2n) is 5.50. The van der Waals surface area contributed by atoms with Crippen LogP contribution in [0.1, 0.15) is 24.8 Å². The molecule has 2 N–H and O–H groups in total. The number of likely N-dealkylation sites (tertiary alicyclic amines) is 1. The largest absolute Gasteiger partial charge is 0.396 e. The molecule has 2 fully saturated rings. The molecule has 0 spiro atoms. The van der Waals surface area contributed by atoms with Gasteiger partial charge in [0, 0.05) is 19.6 Å². The first-order valence-electron chi connectivity index (χ1n) is 6.48. The summed E-state index contributed by atoms with van der Waals surface area (Å²) in [6.45, 7) is 3.25. The molecule has 3 heteroatoms. The van der Waals surface area contributed by atoms with Gasteiger partial charge in [0.1, 0.15) is 5.82 Å². The number of hydrogen-bond acceptors (Lipinski definition) is 2. The molecule has 2 unspecified atom stereocenters. The van der Waals surface area contributed by atoms with Gasteiger partial charge in [-0.15, -0.1) is 0 Å². The van der Waals surface area contributed by atoms with Gasteiger partial charge in [0.25, 0.3) is 0 Å². The third kappa shape index (κ3) is 2.16. The van der Waals surface area contributed by atoms with Crippen molar-refractivity contribution in [2.45, 2.75) is 25.8 Å². The zero-order valence-electron chi connectivity index (χ0n) is 10.0. The van der Waals surface area contributed by atoms with Gasteiger partial charge in [-0.25, -0.2) is 4.39 Å². The summed E-state index contributed by atoms with van der Waals surface area (Å²) in [7, 11) is 0. The second-order valence-corrected chi connectivity index (χ2v) is 5.50. The molecule has 17 heavy (non-hydrogen) atoms. The molecule has 0 amide bonds. The maximum atomic E-state index is 13.3. The van der Waals surface area contributed by atoms with Crippen LogP contribution in [0.15, 0.2) is 18.2 Å². The molecule has 1 aliphatic heterocycles. The number of nitrogens with two attached hydrogens (primary N) is 1. The second kappa shape index (κ2) is 4.30. The monoisotopic (exact) mass is 234 g/mol. The van der Waals surface area contributed by atoms with E-state index < -0.39 is 0 Å². The van der Waals surface area contributed by atoms with Crippen molar-refractivity contribution in [1.82, 2.24) is 4.90 Å². The quantitative estimate of drug-likeness (QED) is 0.797. The summed E-state index contributed by atoms with van der Waals surface area (Å²) in [6.07, 6.45) is 4.17. The topological polar surface area (TPSA) is 29.3 Å². The van der Waals surface area contributed by atoms with Gasteiger partial charge in [-0.2, -0.15) is 0 Å². The summed E-state index contributed by atoms with van der Waals surface area (Å²) in [6, 6.07) is 5.18. The molecule has 2 atom stereocenters. The lowest BCUT2D eigenvalue weighted by molar-refractivity contribution is 0.303. The van der Waals surface area contributed by atoms with Crippen molar-refractivity contribution in [3.63, 3.8) is 0 Å². The Labute approximate surface area is 102 Å². The minimum atomic E-state index is -0.290. The van der Waals surface area contributed by atoms with E-state index in [1.165, 1.54) is 32.4 Å². The van der Waals surface area contributed by atoms with Crippen LogP contribution >= 0.6 is 0 Å². The molecule has 1 aromatic rings. The normalized spacial score (nSPS) is 28.5. The summed E-state index contributed by atoms with van der Waals surface area (Å²) in [5.41, 5.74) is 6.76. The van der Waals surface area contributed by atoms with Crippen LogP contribution in [0.2, 0.25) is 0 Å². The van der Waals surface area contributed by atoms with E-state index in [1.54, 1.807) is 12.1 Å². The van der Waals surface area contributed by atoms with E-state index in [9.17, 15) is 4.39 Å². The zero-order valence-corrected chi connectivity index (χ0v) is 10.0. The summed E-state index contributed by atoms with van der Waals surface area (Å²) >= 11 is 0. The van der Waals surface area contributed by atoms with Crippen LogP contribution in [0.5, 0.6) is 0 Å². The van der Waals surface area contributed by atoms with Gasteiger partial charge < -0.3 is 5.73 Å². The summed E-state index contributed by atoms with van der Waals surface area (Å²) < 4.78 is 13.3. The number of nitrogen functional groups attached to an aromatic ring is 1. The number of rotatable bonds is 2. The van der Waals surface area contributed by atoms with Crippen molar-refractivity contribution in [1.29, 1.82) is 0 Å². The number of nitrogens with zero attached hydrogens (tertiary/aromatic N) is 1. The Kier molecular flexibility index (Phi) is 2.79. The molecule has 0 bridgehead atoms. The first-order chi connectivity index (χ1) is 8.22. The lowest BCUT2D eigenvalue weighted by Crippen LogP contribution is -2.21. The van der Waals surface area contributed by atoms with E-state index in [0.717, 1.165) is 23.9 Å². The number of fused-ring (bicyclic) bond motifs is 1. The van der Waals surface area contributed by atoms with E-state index in [2.05, 4.69) is 4.90 Å². The fourth-order valence-electron chi connectivity index (χ4n) is 3.39. The van der Waals surface area contributed by atoms with Crippen LogP contribution in [-0.4, -0.2) is 18.0 Å². The molecule has 1 saturated carbocycles. The number of benzene rings is 1. The molecule has 1 saturated heterocycles. The molecule has 2 nitrogen and oxygen atoms in total. The highest BCUT2D eigenvalue weighted by Crippen LogP contribution is 2.38. The predicted octanol–water partition coefficient (Wildman–Crippen LogP) is 2.64.